The second-order valence-electron chi connectivity index (χ2n) is 4.55. The molecule has 2 rings (SSSR count). The van der Waals surface area contributed by atoms with Crippen LogP contribution in [-0.4, -0.2) is 32.6 Å². The molecule has 0 N–H and O–H groups in total. The Morgan fingerprint density at radius 3 is 2.39 bits per heavy atom. The van der Waals surface area contributed by atoms with Gasteiger partial charge in [-0.1, -0.05) is 12.1 Å². The van der Waals surface area contributed by atoms with Crippen molar-refractivity contribution < 1.29 is 23.8 Å². The molecule has 0 atom stereocenters. The van der Waals surface area contributed by atoms with Crippen LogP contribution < -0.4 is 9.47 Å². The molecule has 120 valence electrons. The second-order valence-corrected chi connectivity index (χ2v) is 5.71. The molecule has 0 unspecified atom stereocenters. The van der Waals surface area contributed by atoms with E-state index in [-0.39, 0.29) is 12.4 Å². The summed E-state index contributed by atoms with van der Waals surface area (Å²) < 4.78 is 16.1. The van der Waals surface area contributed by atoms with Crippen molar-refractivity contribution in [3.8, 4) is 11.5 Å². The zero-order valence-corrected chi connectivity index (χ0v) is 14.8. The van der Waals surface area contributed by atoms with Gasteiger partial charge in [-0.05, 0) is 46.9 Å². The van der Waals surface area contributed by atoms with Gasteiger partial charge < -0.3 is 14.2 Å². The first-order valence-electron chi connectivity index (χ1n) is 6.73. The molecule has 0 amide bonds. The van der Waals surface area contributed by atoms with E-state index in [1.807, 2.05) is 28.7 Å². The predicted molar refractivity (Wildman–Crippen MR) is 93.3 cm³/mol. The molecule has 0 heterocycles. The zero-order valence-electron chi connectivity index (χ0n) is 12.7. The lowest BCUT2D eigenvalue weighted by Crippen LogP contribution is -2.15. The summed E-state index contributed by atoms with van der Waals surface area (Å²) in [5.41, 5.74) is 0.770. The Morgan fingerprint density at radius 2 is 1.74 bits per heavy atom. The number of carbonyl (C=O) groups is 2. The summed E-state index contributed by atoms with van der Waals surface area (Å²) >= 11 is 2.04. The number of Topliss-reactive ketones (excluding diaryl/α,β-unsaturated/α-hetero) is 1. The molecule has 0 bridgehead atoms. The van der Waals surface area contributed by atoms with Crippen LogP contribution in [0.4, 0.5) is 0 Å². The highest BCUT2D eigenvalue weighted by atomic mass is 127. The fourth-order valence-corrected chi connectivity index (χ4v) is 2.55. The second kappa shape index (κ2) is 7.96. The molecule has 0 aliphatic heterocycles. The Kier molecular flexibility index (Phi) is 5.97. The van der Waals surface area contributed by atoms with Crippen molar-refractivity contribution in [3.05, 3.63) is 57.2 Å². The lowest BCUT2D eigenvalue weighted by molar-refractivity contribution is 0.0473. The van der Waals surface area contributed by atoms with Crippen molar-refractivity contribution >= 4 is 34.3 Å². The highest BCUT2D eigenvalue weighted by Crippen LogP contribution is 2.25. The van der Waals surface area contributed by atoms with E-state index in [0.717, 1.165) is 3.57 Å². The first kappa shape index (κ1) is 17.3. The van der Waals surface area contributed by atoms with Gasteiger partial charge in [0.05, 0.1) is 25.3 Å². The maximum atomic E-state index is 12.2. The van der Waals surface area contributed by atoms with E-state index in [9.17, 15) is 9.59 Å². The average Bonchev–Trinajstić information content (AvgIpc) is 2.59. The molecule has 0 saturated carbocycles. The van der Waals surface area contributed by atoms with Crippen molar-refractivity contribution in [2.45, 2.75) is 0 Å². The molecule has 0 aliphatic rings. The third-order valence-electron chi connectivity index (χ3n) is 3.14. The molecule has 23 heavy (non-hydrogen) atoms. The van der Waals surface area contributed by atoms with Crippen molar-refractivity contribution in [1.82, 2.24) is 0 Å². The van der Waals surface area contributed by atoms with Crippen molar-refractivity contribution in [2.24, 2.45) is 0 Å². The number of hydrogen-bond donors (Lipinski definition) is 0. The van der Waals surface area contributed by atoms with Crippen molar-refractivity contribution in [2.75, 3.05) is 20.8 Å². The number of esters is 1. The van der Waals surface area contributed by atoms with Crippen LogP contribution in [0.25, 0.3) is 0 Å². The molecule has 0 saturated heterocycles. The Hall–Kier alpha value is -2.09. The van der Waals surface area contributed by atoms with Gasteiger partial charge in [-0.3, -0.25) is 4.79 Å². The smallest absolute Gasteiger partial charge is 0.339 e. The van der Waals surface area contributed by atoms with E-state index in [1.54, 1.807) is 36.4 Å². The molecule has 6 heteroatoms. The van der Waals surface area contributed by atoms with Crippen LogP contribution in [0.5, 0.6) is 11.5 Å². The Balaban J connectivity index is 2.08. The van der Waals surface area contributed by atoms with Gasteiger partial charge in [0.2, 0.25) is 5.78 Å². The van der Waals surface area contributed by atoms with E-state index in [2.05, 4.69) is 0 Å². The van der Waals surface area contributed by atoms with Crippen molar-refractivity contribution in [1.29, 1.82) is 0 Å². The standard InChI is InChI=1S/C17H15IO5/c1-21-11-7-8-13(16(9-11)22-2)15(19)10-23-17(20)12-5-3-4-6-14(12)18/h3-9H,10H2,1-2H3. The van der Waals surface area contributed by atoms with E-state index >= 15 is 0 Å². The number of halogens is 1. The molecule has 2 aromatic carbocycles. The van der Waals surface area contributed by atoms with E-state index in [4.69, 9.17) is 14.2 Å². The number of ether oxygens (including phenoxy) is 3. The molecule has 0 aromatic heterocycles. The first-order chi connectivity index (χ1) is 11.1. The summed E-state index contributed by atoms with van der Waals surface area (Å²) in [6.07, 6.45) is 0. The molecule has 0 radical (unpaired) electrons. The molecular formula is C17H15IO5. The maximum Gasteiger partial charge on any atom is 0.339 e. The van der Waals surface area contributed by atoms with Crippen LogP contribution in [0.15, 0.2) is 42.5 Å². The zero-order chi connectivity index (χ0) is 16.8. The van der Waals surface area contributed by atoms with Crippen LogP contribution in [0, 0.1) is 3.57 Å². The van der Waals surface area contributed by atoms with Crippen LogP contribution in [-0.2, 0) is 4.74 Å². The predicted octanol–water partition coefficient (Wildman–Crippen LogP) is 3.35. The van der Waals surface area contributed by atoms with Gasteiger partial charge in [0, 0.05) is 9.64 Å². The Morgan fingerprint density at radius 1 is 1.00 bits per heavy atom. The number of methoxy groups -OCH3 is 2. The quantitative estimate of drug-likeness (QED) is 0.403. The number of benzene rings is 2. The highest BCUT2D eigenvalue weighted by Gasteiger charge is 2.17. The van der Waals surface area contributed by atoms with E-state index in [0.29, 0.717) is 22.6 Å². The van der Waals surface area contributed by atoms with E-state index in [1.165, 1.54) is 14.2 Å². The normalized spacial score (nSPS) is 10.0. The van der Waals surface area contributed by atoms with Gasteiger partial charge in [0.15, 0.2) is 6.61 Å². The molecule has 0 fully saturated rings. The molecular weight excluding hydrogens is 411 g/mol. The Labute approximate surface area is 147 Å². The van der Waals surface area contributed by atoms with Gasteiger partial charge >= 0.3 is 5.97 Å². The minimum absolute atomic E-state index is 0.337. The molecule has 0 aliphatic carbocycles. The van der Waals surface area contributed by atoms with Crippen LogP contribution in [0.3, 0.4) is 0 Å². The van der Waals surface area contributed by atoms with Gasteiger partial charge in [-0.25, -0.2) is 4.79 Å². The third kappa shape index (κ3) is 4.22. The first-order valence-corrected chi connectivity index (χ1v) is 7.81. The topological polar surface area (TPSA) is 61.8 Å². The minimum Gasteiger partial charge on any atom is -0.497 e. The summed E-state index contributed by atoms with van der Waals surface area (Å²) in [5.74, 6) is 0.0774. The number of hydrogen-bond acceptors (Lipinski definition) is 5. The number of carbonyl (C=O) groups excluding carboxylic acids is 2. The van der Waals surface area contributed by atoms with Crippen LogP contribution in [0.2, 0.25) is 0 Å². The summed E-state index contributed by atoms with van der Waals surface area (Å²) in [6.45, 7) is -0.355. The minimum atomic E-state index is -0.532. The van der Waals surface area contributed by atoms with Crippen LogP contribution in [0.1, 0.15) is 20.7 Å². The largest absolute Gasteiger partial charge is 0.497 e. The summed E-state index contributed by atoms with van der Waals surface area (Å²) in [4.78, 5) is 24.3. The monoisotopic (exact) mass is 426 g/mol. The van der Waals surface area contributed by atoms with Crippen molar-refractivity contribution in [3.63, 3.8) is 0 Å². The summed E-state index contributed by atoms with van der Waals surface area (Å²) in [7, 11) is 2.99. The Bertz CT molecular complexity index is 727. The number of rotatable bonds is 6. The fraction of sp³-hybridized carbons (Fsp3) is 0.176. The fourth-order valence-electron chi connectivity index (χ4n) is 1.94. The SMILES string of the molecule is COc1ccc(C(=O)COC(=O)c2ccccc2I)c(OC)c1. The van der Waals surface area contributed by atoms with Crippen LogP contribution >= 0.6 is 22.6 Å². The van der Waals surface area contributed by atoms with Gasteiger partial charge in [0.1, 0.15) is 11.5 Å². The third-order valence-corrected chi connectivity index (χ3v) is 4.08. The summed E-state index contributed by atoms with van der Waals surface area (Å²) in [5, 5.41) is 0. The van der Waals surface area contributed by atoms with E-state index < -0.39 is 5.97 Å². The molecule has 5 nitrogen and oxygen atoms in total. The highest BCUT2D eigenvalue weighted by molar-refractivity contribution is 14.1. The van der Waals surface area contributed by atoms with Gasteiger partial charge in [0.25, 0.3) is 0 Å². The molecule has 2 aromatic rings. The number of ketones is 1. The molecule has 0 spiro atoms. The van der Waals surface area contributed by atoms with Gasteiger partial charge in [-0.15, -0.1) is 0 Å². The average molecular weight is 426 g/mol. The lowest BCUT2D eigenvalue weighted by atomic mass is 10.1. The van der Waals surface area contributed by atoms with Gasteiger partial charge in [-0.2, -0.15) is 0 Å². The maximum absolute atomic E-state index is 12.2. The lowest BCUT2D eigenvalue weighted by Gasteiger charge is -2.10. The summed E-state index contributed by atoms with van der Waals surface area (Å²) in [6, 6.07) is 11.9.